The quantitative estimate of drug-likeness (QED) is 0.781. The second kappa shape index (κ2) is 6.96. The van der Waals surface area contributed by atoms with Crippen LogP contribution in [0.25, 0.3) is 0 Å². The van der Waals surface area contributed by atoms with Crippen molar-refractivity contribution >= 4 is 27.3 Å². The molecule has 3 N–H and O–H groups in total. The van der Waals surface area contributed by atoms with Crippen molar-refractivity contribution < 1.29 is 8.42 Å². The van der Waals surface area contributed by atoms with Crippen LogP contribution in [-0.4, -0.2) is 39.5 Å². The van der Waals surface area contributed by atoms with E-state index in [-0.39, 0.29) is 15.8 Å². The number of benzene rings is 1. The zero-order valence-corrected chi connectivity index (χ0v) is 13.8. The lowest BCUT2D eigenvalue weighted by Gasteiger charge is -2.20. The van der Waals surface area contributed by atoms with Crippen molar-refractivity contribution in [2.45, 2.75) is 24.7 Å². The van der Waals surface area contributed by atoms with Crippen molar-refractivity contribution in [3.8, 4) is 0 Å². The van der Waals surface area contributed by atoms with E-state index in [0.717, 1.165) is 19.6 Å². The molecule has 0 spiro atoms. The predicted octanol–water partition coefficient (Wildman–Crippen LogP) is 1.93. The van der Waals surface area contributed by atoms with Crippen LogP contribution in [0.1, 0.15) is 19.8 Å². The number of hydrogen-bond acceptors (Lipinski definition) is 4. The summed E-state index contributed by atoms with van der Waals surface area (Å²) in [6.45, 7) is 5.62. The summed E-state index contributed by atoms with van der Waals surface area (Å²) in [6, 6.07) is 4.35. The molecule has 1 aromatic carbocycles. The molecule has 0 aliphatic carbocycles. The monoisotopic (exact) mass is 331 g/mol. The highest BCUT2D eigenvalue weighted by atomic mass is 35.5. The summed E-state index contributed by atoms with van der Waals surface area (Å²) < 4.78 is 27.1. The number of nitrogens with one attached hydrogen (secondary N) is 1. The van der Waals surface area contributed by atoms with Crippen LogP contribution in [0.4, 0.5) is 5.69 Å². The summed E-state index contributed by atoms with van der Waals surface area (Å²) in [6.07, 6.45) is 2.48. The molecule has 1 atom stereocenters. The van der Waals surface area contributed by atoms with Crippen LogP contribution in [0.2, 0.25) is 5.02 Å². The van der Waals surface area contributed by atoms with Gasteiger partial charge in [0, 0.05) is 13.1 Å². The maximum atomic E-state index is 12.2. The number of nitrogen functional groups attached to an aromatic ring is 1. The third kappa shape index (κ3) is 4.57. The number of halogens is 1. The standard InChI is InChI=1S/C14H22ClN3O2S/c1-11(10-18-6-2-3-7-18)9-17-21(19,20)12-4-5-14(16)13(15)8-12/h4-5,8,11,17H,2-3,6-7,9-10,16H2,1H3. The molecule has 0 bridgehead atoms. The van der Waals surface area contributed by atoms with Gasteiger partial charge in [-0.3, -0.25) is 0 Å². The summed E-state index contributed by atoms with van der Waals surface area (Å²) in [4.78, 5) is 2.52. The minimum absolute atomic E-state index is 0.148. The number of nitrogens with zero attached hydrogens (tertiary/aromatic N) is 1. The van der Waals surface area contributed by atoms with Gasteiger partial charge in [-0.15, -0.1) is 0 Å². The molecule has 1 unspecified atom stereocenters. The molecule has 1 fully saturated rings. The van der Waals surface area contributed by atoms with Crippen LogP contribution in [0.15, 0.2) is 23.1 Å². The van der Waals surface area contributed by atoms with Gasteiger partial charge in [-0.1, -0.05) is 18.5 Å². The number of rotatable bonds is 6. The second-order valence-corrected chi connectivity index (χ2v) is 7.82. The van der Waals surface area contributed by atoms with Gasteiger partial charge in [0.2, 0.25) is 10.0 Å². The summed E-state index contributed by atoms with van der Waals surface area (Å²) in [7, 11) is -3.54. The molecule has 1 aliphatic rings. The second-order valence-electron chi connectivity index (χ2n) is 5.65. The van der Waals surface area contributed by atoms with Gasteiger partial charge in [-0.25, -0.2) is 13.1 Å². The summed E-state index contributed by atoms with van der Waals surface area (Å²) in [5.74, 6) is 0.266. The van der Waals surface area contributed by atoms with E-state index < -0.39 is 10.0 Å². The van der Waals surface area contributed by atoms with Gasteiger partial charge < -0.3 is 10.6 Å². The highest BCUT2D eigenvalue weighted by Crippen LogP contribution is 2.22. The molecule has 1 saturated heterocycles. The molecule has 0 saturated carbocycles. The molecular formula is C14H22ClN3O2S. The first-order valence-electron chi connectivity index (χ1n) is 7.15. The zero-order chi connectivity index (χ0) is 15.5. The lowest BCUT2D eigenvalue weighted by atomic mass is 10.2. The first kappa shape index (κ1) is 16.5. The van der Waals surface area contributed by atoms with E-state index in [4.69, 9.17) is 17.3 Å². The number of likely N-dealkylation sites (tertiary alicyclic amines) is 1. The molecule has 0 aromatic heterocycles. The molecule has 118 valence electrons. The minimum Gasteiger partial charge on any atom is -0.398 e. The number of anilines is 1. The van der Waals surface area contributed by atoms with Crippen LogP contribution in [-0.2, 0) is 10.0 Å². The number of sulfonamides is 1. The van der Waals surface area contributed by atoms with Gasteiger partial charge in [-0.2, -0.15) is 0 Å². The van der Waals surface area contributed by atoms with E-state index in [1.165, 1.54) is 31.0 Å². The Kier molecular flexibility index (Phi) is 5.48. The smallest absolute Gasteiger partial charge is 0.240 e. The zero-order valence-electron chi connectivity index (χ0n) is 12.2. The molecule has 7 heteroatoms. The Morgan fingerprint density at radius 2 is 2.05 bits per heavy atom. The van der Waals surface area contributed by atoms with E-state index in [2.05, 4.69) is 16.5 Å². The van der Waals surface area contributed by atoms with Crippen molar-refractivity contribution in [1.82, 2.24) is 9.62 Å². The Bertz CT molecular complexity index is 586. The predicted molar refractivity (Wildman–Crippen MR) is 85.9 cm³/mol. The molecule has 5 nitrogen and oxygen atoms in total. The molecule has 1 aromatic rings. The Labute approximate surface area is 131 Å². The minimum atomic E-state index is -3.54. The fraction of sp³-hybridized carbons (Fsp3) is 0.571. The van der Waals surface area contributed by atoms with Gasteiger partial charge in [0.25, 0.3) is 0 Å². The van der Waals surface area contributed by atoms with Gasteiger partial charge in [0.1, 0.15) is 0 Å². The van der Waals surface area contributed by atoms with Crippen LogP contribution in [0, 0.1) is 5.92 Å². The van der Waals surface area contributed by atoms with Crippen LogP contribution in [0.5, 0.6) is 0 Å². The Morgan fingerprint density at radius 3 is 2.67 bits per heavy atom. The lowest BCUT2D eigenvalue weighted by molar-refractivity contribution is 0.288. The SMILES string of the molecule is CC(CNS(=O)(=O)c1ccc(N)c(Cl)c1)CN1CCCC1. The molecule has 0 radical (unpaired) electrons. The first-order valence-corrected chi connectivity index (χ1v) is 9.01. The van der Waals surface area contributed by atoms with Gasteiger partial charge in [0.05, 0.1) is 15.6 Å². The fourth-order valence-corrected chi connectivity index (χ4v) is 3.92. The summed E-state index contributed by atoms with van der Waals surface area (Å²) in [5.41, 5.74) is 5.97. The van der Waals surface area contributed by atoms with E-state index in [1.54, 1.807) is 0 Å². The molecule has 21 heavy (non-hydrogen) atoms. The molecule has 1 heterocycles. The molecular weight excluding hydrogens is 310 g/mol. The van der Waals surface area contributed by atoms with E-state index in [0.29, 0.717) is 12.2 Å². The van der Waals surface area contributed by atoms with Gasteiger partial charge >= 0.3 is 0 Å². The van der Waals surface area contributed by atoms with Crippen LogP contribution < -0.4 is 10.5 Å². The Balaban J connectivity index is 1.92. The van der Waals surface area contributed by atoms with E-state index >= 15 is 0 Å². The maximum Gasteiger partial charge on any atom is 0.240 e. The topological polar surface area (TPSA) is 75.4 Å². The van der Waals surface area contributed by atoms with Gasteiger partial charge in [-0.05, 0) is 50.0 Å². The van der Waals surface area contributed by atoms with Crippen molar-refractivity contribution in [3.05, 3.63) is 23.2 Å². The fourth-order valence-electron chi connectivity index (χ4n) is 2.48. The molecule has 1 aliphatic heterocycles. The van der Waals surface area contributed by atoms with Crippen molar-refractivity contribution in [1.29, 1.82) is 0 Å². The Morgan fingerprint density at radius 1 is 1.38 bits per heavy atom. The third-order valence-electron chi connectivity index (χ3n) is 3.67. The highest BCUT2D eigenvalue weighted by Gasteiger charge is 2.19. The number of nitrogens with two attached hydrogens (primary N) is 1. The maximum absolute atomic E-state index is 12.2. The van der Waals surface area contributed by atoms with Crippen molar-refractivity contribution in [3.63, 3.8) is 0 Å². The number of hydrogen-bond donors (Lipinski definition) is 2. The summed E-state index contributed by atoms with van der Waals surface area (Å²) in [5, 5.41) is 0.253. The third-order valence-corrected chi connectivity index (χ3v) is 5.42. The normalized spacial score (nSPS) is 18.0. The largest absolute Gasteiger partial charge is 0.398 e. The Hall–Kier alpha value is -0.820. The van der Waals surface area contributed by atoms with Crippen LogP contribution in [0.3, 0.4) is 0 Å². The average Bonchev–Trinajstić information content (AvgIpc) is 2.92. The van der Waals surface area contributed by atoms with Gasteiger partial charge in [0.15, 0.2) is 0 Å². The highest BCUT2D eigenvalue weighted by molar-refractivity contribution is 7.89. The van der Waals surface area contributed by atoms with Crippen molar-refractivity contribution in [2.75, 3.05) is 31.9 Å². The average molecular weight is 332 g/mol. The lowest BCUT2D eigenvalue weighted by Crippen LogP contribution is -2.34. The van der Waals surface area contributed by atoms with E-state index in [1.807, 2.05) is 0 Å². The van der Waals surface area contributed by atoms with E-state index in [9.17, 15) is 8.42 Å². The van der Waals surface area contributed by atoms with Crippen LogP contribution >= 0.6 is 11.6 Å². The molecule has 2 rings (SSSR count). The molecule has 0 amide bonds. The summed E-state index contributed by atoms with van der Waals surface area (Å²) >= 11 is 5.87. The van der Waals surface area contributed by atoms with Crippen molar-refractivity contribution in [2.24, 2.45) is 5.92 Å². The first-order chi connectivity index (χ1) is 9.88.